The van der Waals surface area contributed by atoms with Gasteiger partial charge in [-0.15, -0.1) is 13.2 Å². The molecule has 0 spiro atoms. The summed E-state index contributed by atoms with van der Waals surface area (Å²) in [6.07, 6.45) is -3.95. The van der Waals surface area contributed by atoms with Crippen molar-refractivity contribution in [3.05, 3.63) is 26.6 Å². The van der Waals surface area contributed by atoms with Crippen molar-refractivity contribution < 1.29 is 22.6 Å². The molecule has 3 nitrogen and oxygen atoms in total. The normalized spacial score (nSPS) is 13.3. The van der Waals surface area contributed by atoms with E-state index in [0.29, 0.717) is 21.1 Å². The Labute approximate surface area is 131 Å². The Morgan fingerprint density at radius 2 is 1.75 bits per heavy atom. The molecule has 8 heteroatoms. The van der Waals surface area contributed by atoms with Crippen molar-refractivity contribution in [2.24, 2.45) is 5.73 Å². The lowest BCUT2D eigenvalue weighted by atomic mass is 10.1. The molecule has 0 fully saturated rings. The van der Waals surface area contributed by atoms with Crippen LogP contribution >= 0.6 is 31.9 Å². The van der Waals surface area contributed by atoms with Gasteiger partial charge in [0.25, 0.3) is 0 Å². The topological polar surface area (TPSA) is 44.5 Å². The first-order valence-electron chi connectivity index (χ1n) is 5.76. The number of nitrogens with two attached hydrogens (primary N) is 1. The molecule has 0 aromatic heterocycles. The highest BCUT2D eigenvalue weighted by molar-refractivity contribution is 9.11. The summed E-state index contributed by atoms with van der Waals surface area (Å²) in [5.41, 5.74) is 6.71. The molecule has 1 rings (SSSR count). The second-order valence-corrected chi connectivity index (χ2v) is 5.92. The van der Waals surface area contributed by atoms with Crippen LogP contribution in [0.2, 0.25) is 0 Å². The number of ether oxygens (including phenoxy) is 2. The third-order valence-corrected chi connectivity index (χ3v) is 3.39. The Morgan fingerprint density at radius 3 is 2.20 bits per heavy atom. The Hall–Kier alpha value is -0.310. The van der Waals surface area contributed by atoms with E-state index in [9.17, 15) is 13.2 Å². The van der Waals surface area contributed by atoms with Gasteiger partial charge in [-0.25, -0.2) is 0 Å². The molecule has 0 aliphatic carbocycles. The first-order chi connectivity index (χ1) is 9.19. The van der Waals surface area contributed by atoms with Crippen LogP contribution in [-0.2, 0) is 11.2 Å². The zero-order valence-electron chi connectivity index (χ0n) is 10.6. The maximum absolute atomic E-state index is 11.8. The molecule has 114 valence electrons. The van der Waals surface area contributed by atoms with Crippen LogP contribution in [0.3, 0.4) is 0 Å². The van der Waals surface area contributed by atoms with Gasteiger partial charge in [-0.1, -0.05) is 0 Å². The molecule has 1 aromatic carbocycles. The minimum Gasteiger partial charge on any atom is -0.489 e. The number of halogens is 5. The van der Waals surface area contributed by atoms with E-state index >= 15 is 0 Å². The van der Waals surface area contributed by atoms with E-state index < -0.39 is 13.0 Å². The smallest absolute Gasteiger partial charge is 0.489 e. The van der Waals surface area contributed by atoms with Crippen LogP contribution in [0, 0.1) is 0 Å². The number of hydrogen-bond acceptors (Lipinski definition) is 3. The third-order valence-electron chi connectivity index (χ3n) is 2.21. The molecule has 0 heterocycles. The van der Waals surface area contributed by atoms with E-state index in [0.717, 1.165) is 5.56 Å². The van der Waals surface area contributed by atoms with Crippen LogP contribution in [-0.4, -0.2) is 25.6 Å². The van der Waals surface area contributed by atoms with E-state index in [2.05, 4.69) is 36.6 Å². The van der Waals surface area contributed by atoms with Crippen LogP contribution in [0.25, 0.3) is 0 Å². The van der Waals surface area contributed by atoms with Crippen molar-refractivity contribution in [1.29, 1.82) is 0 Å². The van der Waals surface area contributed by atoms with Crippen molar-refractivity contribution in [3.63, 3.8) is 0 Å². The molecule has 1 atom stereocenters. The molecule has 0 saturated carbocycles. The lowest BCUT2D eigenvalue weighted by molar-refractivity contribution is -0.325. The predicted octanol–water partition coefficient (Wildman–Crippen LogP) is 4.02. The fourth-order valence-corrected chi connectivity index (χ4v) is 3.05. The summed E-state index contributed by atoms with van der Waals surface area (Å²) < 4.78 is 45.6. The summed E-state index contributed by atoms with van der Waals surface area (Å²) in [7, 11) is 0. The van der Waals surface area contributed by atoms with Crippen molar-refractivity contribution in [2.45, 2.75) is 25.7 Å². The second kappa shape index (κ2) is 7.63. The largest absolute Gasteiger partial charge is 0.522 e. The summed E-state index contributed by atoms with van der Waals surface area (Å²) in [5, 5.41) is 0. The average Bonchev–Trinajstić information content (AvgIpc) is 2.24. The standard InChI is InChI=1S/C12H14Br2F3NO2/c1-7(18)4-8-5-9(13)11(10(14)6-8)19-2-3-20-12(15,16)17/h5-7H,2-4,18H2,1H3. The molecular weight excluding hydrogens is 407 g/mol. The summed E-state index contributed by atoms with van der Waals surface area (Å²) in [6.45, 7) is 1.12. The molecule has 0 radical (unpaired) electrons. The summed E-state index contributed by atoms with van der Waals surface area (Å²) in [5.74, 6) is 0.434. The lowest BCUT2D eigenvalue weighted by Gasteiger charge is -2.14. The van der Waals surface area contributed by atoms with Gasteiger partial charge in [0.2, 0.25) is 0 Å². The van der Waals surface area contributed by atoms with Gasteiger partial charge in [0, 0.05) is 6.04 Å². The average molecular weight is 421 g/mol. The Balaban J connectivity index is 2.62. The summed E-state index contributed by atoms with van der Waals surface area (Å²) in [4.78, 5) is 0. The number of alkyl halides is 3. The molecule has 0 amide bonds. The fourth-order valence-electron chi connectivity index (χ4n) is 1.54. The second-order valence-electron chi connectivity index (χ2n) is 4.21. The molecule has 2 N–H and O–H groups in total. The number of rotatable bonds is 6. The highest BCUT2D eigenvalue weighted by atomic mass is 79.9. The van der Waals surface area contributed by atoms with Gasteiger partial charge in [-0.05, 0) is 62.9 Å². The fraction of sp³-hybridized carbons (Fsp3) is 0.500. The van der Waals surface area contributed by atoms with Crippen molar-refractivity contribution in [3.8, 4) is 5.75 Å². The van der Waals surface area contributed by atoms with E-state index in [1.807, 2.05) is 19.1 Å². The molecule has 0 aliphatic rings. The predicted molar refractivity (Wildman–Crippen MR) is 76.7 cm³/mol. The van der Waals surface area contributed by atoms with Gasteiger partial charge in [0.1, 0.15) is 12.4 Å². The Bertz CT molecular complexity index is 430. The molecule has 0 aliphatic heterocycles. The Kier molecular flexibility index (Phi) is 6.77. The zero-order valence-corrected chi connectivity index (χ0v) is 13.8. The highest BCUT2D eigenvalue weighted by Gasteiger charge is 2.28. The molecule has 1 unspecified atom stereocenters. The molecule has 0 saturated heterocycles. The monoisotopic (exact) mass is 419 g/mol. The SMILES string of the molecule is CC(N)Cc1cc(Br)c(OCCOC(F)(F)F)c(Br)c1. The van der Waals surface area contributed by atoms with Gasteiger partial charge < -0.3 is 10.5 Å². The maximum atomic E-state index is 11.8. The zero-order chi connectivity index (χ0) is 15.3. The van der Waals surface area contributed by atoms with Crippen molar-refractivity contribution in [2.75, 3.05) is 13.2 Å². The van der Waals surface area contributed by atoms with Gasteiger partial charge in [-0.2, -0.15) is 0 Å². The van der Waals surface area contributed by atoms with Crippen LogP contribution < -0.4 is 10.5 Å². The van der Waals surface area contributed by atoms with Crippen LogP contribution in [0.5, 0.6) is 5.75 Å². The molecule has 20 heavy (non-hydrogen) atoms. The highest BCUT2D eigenvalue weighted by Crippen LogP contribution is 2.35. The van der Waals surface area contributed by atoms with Gasteiger partial charge >= 0.3 is 6.36 Å². The summed E-state index contributed by atoms with van der Waals surface area (Å²) in [6, 6.07) is 3.67. The third kappa shape index (κ3) is 6.43. The molecule has 0 bridgehead atoms. The van der Waals surface area contributed by atoms with Crippen LogP contribution in [0.1, 0.15) is 12.5 Å². The van der Waals surface area contributed by atoms with Crippen LogP contribution in [0.4, 0.5) is 13.2 Å². The summed E-state index contributed by atoms with van der Waals surface area (Å²) >= 11 is 6.64. The van der Waals surface area contributed by atoms with Crippen molar-refractivity contribution >= 4 is 31.9 Å². The van der Waals surface area contributed by atoms with Crippen molar-refractivity contribution in [1.82, 2.24) is 0 Å². The maximum Gasteiger partial charge on any atom is 0.522 e. The van der Waals surface area contributed by atoms with Gasteiger partial charge in [-0.3, -0.25) is 4.74 Å². The van der Waals surface area contributed by atoms with Gasteiger partial charge in [0.05, 0.1) is 15.6 Å². The minimum atomic E-state index is -4.64. The Morgan fingerprint density at radius 1 is 1.20 bits per heavy atom. The number of hydrogen-bond donors (Lipinski definition) is 1. The van der Waals surface area contributed by atoms with E-state index in [4.69, 9.17) is 10.5 Å². The molecular formula is C12H14Br2F3NO2. The first kappa shape index (κ1) is 17.7. The lowest BCUT2D eigenvalue weighted by Crippen LogP contribution is -2.18. The molecule has 1 aromatic rings. The first-order valence-corrected chi connectivity index (χ1v) is 7.34. The minimum absolute atomic E-state index is 0.0146. The number of benzene rings is 1. The van der Waals surface area contributed by atoms with Gasteiger partial charge in [0.15, 0.2) is 0 Å². The quantitative estimate of drug-likeness (QED) is 0.707. The van der Waals surface area contributed by atoms with E-state index in [-0.39, 0.29) is 12.6 Å². The van der Waals surface area contributed by atoms with E-state index in [1.54, 1.807) is 0 Å². The van der Waals surface area contributed by atoms with E-state index in [1.165, 1.54) is 0 Å². The van der Waals surface area contributed by atoms with Crippen LogP contribution in [0.15, 0.2) is 21.1 Å².